The van der Waals surface area contributed by atoms with E-state index < -0.39 is 0 Å². The monoisotopic (exact) mass is 256 g/mol. The Morgan fingerprint density at radius 3 is 2.67 bits per heavy atom. The van der Waals surface area contributed by atoms with E-state index in [1.165, 1.54) is 25.7 Å². The number of piperidine rings is 1. The lowest BCUT2D eigenvalue weighted by Crippen LogP contribution is -2.37. The van der Waals surface area contributed by atoms with Crippen LogP contribution in [0.15, 0.2) is 0 Å². The molecule has 1 aliphatic heterocycles. The molecule has 0 aliphatic carbocycles. The summed E-state index contributed by atoms with van der Waals surface area (Å²) in [6.45, 7) is 7.29. The highest BCUT2D eigenvalue weighted by Crippen LogP contribution is 2.09. The molecule has 18 heavy (non-hydrogen) atoms. The van der Waals surface area contributed by atoms with Crippen LogP contribution in [-0.4, -0.2) is 50.2 Å². The summed E-state index contributed by atoms with van der Waals surface area (Å²) in [6, 6.07) is 0. The van der Waals surface area contributed by atoms with Crippen LogP contribution in [-0.2, 0) is 9.53 Å². The summed E-state index contributed by atoms with van der Waals surface area (Å²) in [5.74, 6) is 0.300. The van der Waals surface area contributed by atoms with Gasteiger partial charge in [0.2, 0.25) is 5.91 Å². The largest absolute Gasteiger partial charge is 0.380 e. The SMILES string of the molecule is CCCCOCCNCCC(=O)N1CCCCC1. The van der Waals surface area contributed by atoms with Crippen molar-refractivity contribution in [2.24, 2.45) is 0 Å². The fourth-order valence-corrected chi connectivity index (χ4v) is 2.11. The lowest BCUT2D eigenvalue weighted by Gasteiger charge is -2.26. The Bertz CT molecular complexity index is 216. The van der Waals surface area contributed by atoms with Gasteiger partial charge >= 0.3 is 0 Å². The van der Waals surface area contributed by atoms with Gasteiger partial charge in [-0.2, -0.15) is 0 Å². The maximum absolute atomic E-state index is 11.8. The maximum Gasteiger partial charge on any atom is 0.223 e. The highest BCUT2D eigenvalue weighted by atomic mass is 16.5. The maximum atomic E-state index is 11.8. The zero-order valence-corrected chi connectivity index (χ0v) is 11.7. The summed E-state index contributed by atoms with van der Waals surface area (Å²) in [6.07, 6.45) is 6.55. The second-order valence-corrected chi connectivity index (χ2v) is 4.91. The van der Waals surface area contributed by atoms with Gasteiger partial charge in [0.25, 0.3) is 0 Å². The minimum absolute atomic E-state index is 0.300. The fourth-order valence-electron chi connectivity index (χ4n) is 2.11. The molecule has 1 N–H and O–H groups in total. The molecule has 1 fully saturated rings. The molecule has 106 valence electrons. The van der Waals surface area contributed by atoms with Gasteiger partial charge in [-0.05, 0) is 25.7 Å². The topological polar surface area (TPSA) is 41.6 Å². The summed E-state index contributed by atoms with van der Waals surface area (Å²) in [5, 5.41) is 3.26. The van der Waals surface area contributed by atoms with Gasteiger partial charge < -0.3 is 15.0 Å². The smallest absolute Gasteiger partial charge is 0.223 e. The zero-order chi connectivity index (χ0) is 13.1. The first-order valence-electron chi connectivity index (χ1n) is 7.41. The van der Waals surface area contributed by atoms with Crippen LogP contribution in [0.25, 0.3) is 0 Å². The van der Waals surface area contributed by atoms with Crippen LogP contribution in [0.5, 0.6) is 0 Å². The van der Waals surface area contributed by atoms with E-state index in [-0.39, 0.29) is 0 Å². The molecule has 1 saturated heterocycles. The predicted octanol–water partition coefficient (Wildman–Crippen LogP) is 1.80. The molecule has 0 unspecified atom stereocenters. The fraction of sp³-hybridized carbons (Fsp3) is 0.929. The number of likely N-dealkylation sites (tertiary alicyclic amines) is 1. The molecule has 0 bridgehead atoms. The van der Waals surface area contributed by atoms with Gasteiger partial charge in [0.15, 0.2) is 0 Å². The van der Waals surface area contributed by atoms with E-state index in [9.17, 15) is 4.79 Å². The van der Waals surface area contributed by atoms with Crippen LogP contribution in [0.2, 0.25) is 0 Å². The van der Waals surface area contributed by atoms with Crippen LogP contribution in [0, 0.1) is 0 Å². The summed E-state index contributed by atoms with van der Waals surface area (Å²) >= 11 is 0. The van der Waals surface area contributed by atoms with Crippen molar-refractivity contribution >= 4 is 5.91 Å². The molecule has 0 atom stereocenters. The zero-order valence-electron chi connectivity index (χ0n) is 11.7. The second kappa shape index (κ2) is 10.3. The number of rotatable bonds is 9. The van der Waals surface area contributed by atoms with E-state index in [1.54, 1.807) is 0 Å². The van der Waals surface area contributed by atoms with E-state index in [0.717, 1.165) is 45.8 Å². The summed E-state index contributed by atoms with van der Waals surface area (Å²) in [4.78, 5) is 13.8. The van der Waals surface area contributed by atoms with Crippen LogP contribution in [0.1, 0.15) is 45.4 Å². The lowest BCUT2D eigenvalue weighted by atomic mass is 10.1. The third-order valence-corrected chi connectivity index (χ3v) is 3.29. The van der Waals surface area contributed by atoms with Crippen LogP contribution < -0.4 is 5.32 Å². The molecule has 1 aliphatic rings. The molecule has 0 aromatic rings. The van der Waals surface area contributed by atoms with Gasteiger partial charge in [0, 0.05) is 39.2 Å². The first kappa shape index (κ1) is 15.4. The molecule has 0 radical (unpaired) electrons. The molecule has 1 rings (SSSR count). The highest BCUT2D eigenvalue weighted by molar-refractivity contribution is 5.76. The average molecular weight is 256 g/mol. The second-order valence-electron chi connectivity index (χ2n) is 4.91. The first-order valence-corrected chi connectivity index (χ1v) is 7.41. The summed E-state index contributed by atoms with van der Waals surface area (Å²) in [5.41, 5.74) is 0. The Morgan fingerprint density at radius 1 is 1.17 bits per heavy atom. The lowest BCUT2D eigenvalue weighted by molar-refractivity contribution is -0.131. The van der Waals surface area contributed by atoms with Gasteiger partial charge in [-0.15, -0.1) is 0 Å². The Hall–Kier alpha value is -0.610. The molecule has 4 nitrogen and oxygen atoms in total. The third kappa shape index (κ3) is 6.97. The van der Waals surface area contributed by atoms with Crippen molar-refractivity contribution in [1.29, 1.82) is 0 Å². The van der Waals surface area contributed by atoms with Gasteiger partial charge in [0.1, 0.15) is 0 Å². The highest BCUT2D eigenvalue weighted by Gasteiger charge is 2.15. The number of nitrogens with zero attached hydrogens (tertiary/aromatic N) is 1. The summed E-state index contributed by atoms with van der Waals surface area (Å²) < 4.78 is 5.44. The van der Waals surface area contributed by atoms with E-state index >= 15 is 0 Å². The third-order valence-electron chi connectivity index (χ3n) is 3.29. The predicted molar refractivity (Wildman–Crippen MR) is 73.6 cm³/mol. The van der Waals surface area contributed by atoms with Crippen LogP contribution in [0.3, 0.4) is 0 Å². The number of nitrogens with one attached hydrogen (secondary N) is 1. The average Bonchev–Trinajstić information content (AvgIpc) is 2.42. The minimum atomic E-state index is 0.300. The quantitative estimate of drug-likeness (QED) is 0.640. The first-order chi connectivity index (χ1) is 8.84. The molecule has 0 saturated carbocycles. The number of carbonyl (C=O) groups is 1. The summed E-state index contributed by atoms with van der Waals surface area (Å²) in [7, 11) is 0. The number of ether oxygens (including phenoxy) is 1. The van der Waals surface area contributed by atoms with Crippen molar-refractivity contribution in [2.45, 2.75) is 45.4 Å². The molecule has 1 heterocycles. The van der Waals surface area contributed by atoms with Crippen molar-refractivity contribution in [1.82, 2.24) is 10.2 Å². The van der Waals surface area contributed by atoms with Gasteiger partial charge in [0.05, 0.1) is 6.61 Å². The Morgan fingerprint density at radius 2 is 1.94 bits per heavy atom. The molecule has 1 amide bonds. The van der Waals surface area contributed by atoms with Gasteiger partial charge in [-0.3, -0.25) is 4.79 Å². The number of amides is 1. The van der Waals surface area contributed by atoms with Crippen LogP contribution in [0.4, 0.5) is 0 Å². The Labute approximate surface area is 111 Å². The van der Waals surface area contributed by atoms with Crippen molar-refractivity contribution in [3.8, 4) is 0 Å². The minimum Gasteiger partial charge on any atom is -0.380 e. The Balaban J connectivity index is 1.89. The van der Waals surface area contributed by atoms with E-state index in [0.29, 0.717) is 12.3 Å². The standard InChI is InChI=1S/C14H28N2O2/c1-2-3-12-18-13-9-15-8-7-14(17)16-10-5-4-6-11-16/h15H,2-13H2,1H3. The van der Waals surface area contributed by atoms with Crippen molar-refractivity contribution in [2.75, 3.05) is 39.4 Å². The molecular weight excluding hydrogens is 228 g/mol. The molecule has 0 aromatic carbocycles. The van der Waals surface area contributed by atoms with Crippen molar-refractivity contribution < 1.29 is 9.53 Å². The normalized spacial score (nSPS) is 15.9. The number of hydrogen-bond acceptors (Lipinski definition) is 3. The van der Waals surface area contributed by atoms with Gasteiger partial charge in [-0.25, -0.2) is 0 Å². The van der Waals surface area contributed by atoms with Crippen molar-refractivity contribution in [3.63, 3.8) is 0 Å². The Kier molecular flexibility index (Phi) is 8.86. The molecule has 0 spiro atoms. The van der Waals surface area contributed by atoms with E-state index in [1.807, 2.05) is 4.90 Å². The number of unbranched alkanes of at least 4 members (excludes halogenated alkanes) is 1. The van der Waals surface area contributed by atoms with Crippen LogP contribution >= 0.6 is 0 Å². The molecular formula is C14H28N2O2. The van der Waals surface area contributed by atoms with E-state index in [4.69, 9.17) is 4.74 Å². The number of carbonyl (C=O) groups excluding carboxylic acids is 1. The van der Waals surface area contributed by atoms with Crippen molar-refractivity contribution in [3.05, 3.63) is 0 Å². The molecule has 4 heteroatoms. The van der Waals surface area contributed by atoms with Gasteiger partial charge in [-0.1, -0.05) is 13.3 Å². The number of hydrogen-bond donors (Lipinski definition) is 1. The van der Waals surface area contributed by atoms with E-state index in [2.05, 4.69) is 12.2 Å². The molecule has 0 aromatic heterocycles.